The Kier molecular flexibility index (Phi) is 5.35. The molecule has 0 radical (unpaired) electrons. The summed E-state index contributed by atoms with van der Waals surface area (Å²) in [7, 11) is 0. The van der Waals surface area contributed by atoms with Crippen LogP contribution in [0.1, 0.15) is 45.8 Å². The molecule has 0 saturated heterocycles. The molecule has 0 aliphatic carbocycles. The van der Waals surface area contributed by atoms with E-state index < -0.39 is 0 Å². The number of amides is 2. The van der Waals surface area contributed by atoms with Crippen LogP contribution in [0.25, 0.3) is 0 Å². The molecule has 0 bridgehead atoms. The Morgan fingerprint density at radius 1 is 1.03 bits per heavy atom. The SMILES string of the molecule is Cc1cc(N2C(=O)c3ccccc3C2=O)nn1Cc1cc(Cl)ccc1OCC(C)C. The number of nitrogens with zero attached hydrogens (tertiary/aromatic N) is 3. The van der Waals surface area contributed by atoms with Crippen LogP contribution in [0.5, 0.6) is 5.75 Å². The summed E-state index contributed by atoms with van der Waals surface area (Å²) in [6.07, 6.45) is 0. The molecule has 0 atom stereocenters. The van der Waals surface area contributed by atoms with E-state index in [2.05, 4.69) is 18.9 Å². The van der Waals surface area contributed by atoms with E-state index in [1.807, 2.05) is 19.1 Å². The van der Waals surface area contributed by atoms with Crippen molar-refractivity contribution in [1.82, 2.24) is 9.78 Å². The summed E-state index contributed by atoms with van der Waals surface area (Å²) in [6, 6.07) is 14.0. The fourth-order valence-corrected chi connectivity index (χ4v) is 3.58. The van der Waals surface area contributed by atoms with Crippen LogP contribution in [0, 0.1) is 12.8 Å². The molecule has 1 aliphatic heterocycles. The van der Waals surface area contributed by atoms with Gasteiger partial charge in [-0.3, -0.25) is 14.3 Å². The minimum absolute atomic E-state index is 0.311. The molecule has 7 heteroatoms. The number of hydrogen-bond acceptors (Lipinski definition) is 4. The molecule has 2 amide bonds. The number of imide groups is 1. The molecule has 1 aromatic heterocycles. The van der Waals surface area contributed by atoms with Gasteiger partial charge in [-0.15, -0.1) is 0 Å². The molecule has 30 heavy (non-hydrogen) atoms. The van der Waals surface area contributed by atoms with Crippen LogP contribution >= 0.6 is 11.6 Å². The Bertz CT molecular complexity index is 1100. The fourth-order valence-electron chi connectivity index (χ4n) is 3.39. The van der Waals surface area contributed by atoms with Crippen LogP contribution in [0.2, 0.25) is 5.02 Å². The fraction of sp³-hybridized carbons (Fsp3) is 0.261. The number of aryl methyl sites for hydroxylation is 1. The van der Waals surface area contributed by atoms with E-state index in [0.29, 0.717) is 41.0 Å². The third-order valence-corrected chi connectivity index (χ3v) is 5.14. The summed E-state index contributed by atoms with van der Waals surface area (Å²) < 4.78 is 7.67. The summed E-state index contributed by atoms with van der Waals surface area (Å²) in [5.41, 5.74) is 2.49. The lowest BCUT2D eigenvalue weighted by atomic mass is 10.1. The number of aromatic nitrogens is 2. The maximum absolute atomic E-state index is 12.8. The van der Waals surface area contributed by atoms with Gasteiger partial charge < -0.3 is 4.74 Å². The molecule has 0 fully saturated rings. The van der Waals surface area contributed by atoms with Crippen molar-refractivity contribution in [2.24, 2.45) is 5.92 Å². The van der Waals surface area contributed by atoms with Gasteiger partial charge in [0.15, 0.2) is 5.82 Å². The number of carbonyl (C=O) groups excluding carboxylic acids is 2. The van der Waals surface area contributed by atoms with E-state index in [9.17, 15) is 9.59 Å². The lowest BCUT2D eigenvalue weighted by molar-refractivity contribution is 0.0925. The third-order valence-electron chi connectivity index (χ3n) is 4.91. The Hall–Kier alpha value is -3.12. The quantitative estimate of drug-likeness (QED) is 0.538. The van der Waals surface area contributed by atoms with Crippen LogP contribution in [-0.2, 0) is 6.54 Å². The van der Waals surface area contributed by atoms with Gasteiger partial charge in [0.05, 0.1) is 24.3 Å². The normalized spacial score (nSPS) is 13.3. The van der Waals surface area contributed by atoms with Crippen LogP contribution in [-0.4, -0.2) is 28.2 Å². The number of fused-ring (bicyclic) bond motifs is 1. The molecular formula is C23H22ClN3O3. The standard InChI is InChI=1S/C23H22ClN3O3/c1-14(2)13-30-20-9-8-17(24)11-16(20)12-26-15(3)10-21(25-26)27-22(28)18-6-4-5-7-19(18)23(27)29/h4-11,14H,12-13H2,1-3H3. The first-order valence-electron chi connectivity index (χ1n) is 9.78. The lowest BCUT2D eigenvalue weighted by Gasteiger charge is -2.14. The summed E-state index contributed by atoms with van der Waals surface area (Å²) in [5, 5.41) is 5.14. The average Bonchev–Trinajstić information content (AvgIpc) is 3.18. The van der Waals surface area contributed by atoms with Gasteiger partial charge >= 0.3 is 0 Å². The molecule has 6 nitrogen and oxygen atoms in total. The van der Waals surface area contributed by atoms with Crippen LogP contribution in [0.4, 0.5) is 5.82 Å². The first kappa shape index (κ1) is 20.2. The highest BCUT2D eigenvalue weighted by Gasteiger charge is 2.37. The monoisotopic (exact) mass is 423 g/mol. The van der Waals surface area contributed by atoms with Gasteiger partial charge in [-0.2, -0.15) is 5.10 Å². The van der Waals surface area contributed by atoms with E-state index in [1.54, 1.807) is 41.1 Å². The van der Waals surface area contributed by atoms with Gasteiger partial charge in [0.2, 0.25) is 0 Å². The molecule has 4 rings (SSSR count). The van der Waals surface area contributed by atoms with Gasteiger partial charge in [0.1, 0.15) is 5.75 Å². The maximum Gasteiger partial charge on any atom is 0.267 e. The van der Waals surface area contributed by atoms with E-state index in [0.717, 1.165) is 21.9 Å². The molecule has 0 spiro atoms. The molecule has 0 N–H and O–H groups in total. The van der Waals surface area contributed by atoms with Gasteiger partial charge in [-0.05, 0) is 43.2 Å². The van der Waals surface area contributed by atoms with Crippen molar-refractivity contribution >= 4 is 29.2 Å². The van der Waals surface area contributed by atoms with E-state index >= 15 is 0 Å². The van der Waals surface area contributed by atoms with Gasteiger partial charge in [-0.1, -0.05) is 37.6 Å². The smallest absolute Gasteiger partial charge is 0.267 e. The molecule has 0 unspecified atom stereocenters. The Morgan fingerprint density at radius 3 is 2.33 bits per heavy atom. The van der Waals surface area contributed by atoms with Crippen molar-refractivity contribution in [2.75, 3.05) is 11.5 Å². The number of benzene rings is 2. The van der Waals surface area contributed by atoms with Crippen molar-refractivity contribution in [3.63, 3.8) is 0 Å². The highest BCUT2D eigenvalue weighted by molar-refractivity contribution is 6.34. The summed E-state index contributed by atoms with van der Waals surface area (Å²) in [4.78, 5) is 26.6. The molecule has 2 aromatic carbocycles. The Balaban J connectivity index is 1.63. The minimum atomic E-state index is -0.357. The first-order chi connectivity index (χ1) is 14.3. The van der Waals surface area contributed by atoms with Gasteiger partial charge in [-0.25, -0.2) is 4.90 Å². The summed E-state index contributed by atoms with van der Waals surface area (Å²) in [6.45, 7) is 7.05. The van der Waals surface area contributed by atoms with E-state index in [1.165, 1.54) is 0 Å². The molecule has 154 valence electrons. The van der Waals surface area contributed by atoms with E-state index in [-0.39, 0.29) is 11.8 Å². The Morgan fingerprint density at radius 2 is 1.70 bits per heavy atom. The molecule has 1 aliphatic rings. The highest BCUT2D eigenvalue weighted by Crippen LogP contribution is 2.29. The van der Waals surface area contributed by atoms with Crippen LogP contribution in [0.3, 0.4) is 0 Å². The second-order valence-corrected chi connectivity index (χ2v) is 8.19. The zero-order valence-electron chi connectivity index (χ0n) is 17.1. The van der Waals surface area contributed by atoms with Crippen molar-refractivity contribution < 1.29 is 14.3 Å². The summed E-state index contributed by atoms with van der Waals surface area (Å²) in [5.74, 6) is 0.726. The number of carbonyl (C=O) groups is 2. The van der Waals surface area contributed by atoms with Crippen LogP contribution < -0.4 is 9.64 Å². The lowest BCUT2D eigenvalue weighted by Crippen LogP contribution is -2.29. The largest absolute Gasteiger partial charge is 0.493 e. The second-order valence-electron chi connectivity index (χ2n) is 7.75. The van der Waals surface area contributed by atoms with Crippen molar-refractivity contribution in [2.45, 2.75) is 27.3 Å². The minimum Gasteiger partial charge on any atom is -0.493 e. The second kappa shape index (κ2) is 7.95. The molecule has 3 aromatic rings. The molecular weight excluding hydrogens is 402 g/mol. The predicted octanol–water partition coefficient (Wildman–Crippen LogP) is 4.73. The third kappa shape index (κ3) is 3.71. The first-order valence-corrected chi connectivity index (χ1v) is 10.2. The van der Waals surface area contributed by atoms with Crippen molar-refractivity contribution in [1.29, 1.82) is 0 Å². The number of anilines is 1. The number of ether oxygens (including phenoxy) is 1. The van der Waals surface area contributed by atoms with Gasteiger partial charge in [0, 0.05) is 22.3 Å². The topological polar surface area (TPSA) is 64.4 Å². The van der Waals surface area contributed by atoms with Gasteiger partial charge in [0.25, 0.3) is 11.8 Å². The summed E-state index contributed by atoms with van der Waals surface area (Å²) >= 11 is 6.20. The Labute approximate surface area is 180 Å². The van der Waals surface area contributed by atoms with E-state index in [4.69, 9.17) is 16.3 Å². The predicted molar refractivity (Wildman–Crippen MR) is 115 cm³/mol. The number of halogens is 1. The molecule has 0 saturated carbocycles. The zero-order valence-corrected chi connectivity index (χ0v) is 17.8. The highest BCUT2D eigenvalue weighted by atomic mass is 35.5. The van der Waals surface area contributed by atoms with Crippen molar-refractivity contribution in [3.05, 3.63) is 75.9 Å². The maximum atomic E-state index is 12.8. The number of hydrogen-bond donors (Lipinski definition) is 0. The van der Waals surface area contributed by atoms with Crippen LogP contribution in [0.15, 0.2) is 48.5 Å². The van der Waals surface area contributed by atoms with Crippen molar-refractivity contribution in [3.8, 4) is 5.75 Å². The molecule has 2 heterocycles. The zero-order chi connectivity index (χ0) is 21.4. The average molecular weight is 424 g/mol. The number of rotatable bonds is 6.